The second-order valence-corrected chi connectivity index (χ2v) is 5.77. The van der Waals surface area contributed by atoms with Crippen molar-refractivity contribution in [3.05, 3.63) is 35.4 Å². The molecule has 114 valence electrons. The number of nitrogens with zero attached hydrogens (tertiary/aromatic N) is 1. The Morgan fingerprint density at radius 1 is 1.33 bits per heavy atom. The zero-order valence-corrected chi connectivity index (χ0v) is 13.4. The van der Waals surface area contributed by atoms with Crippen molar-refractivity contribution in [2.24, 2.45) is 0 Å². The lowest BCUT2D eigenvalue weighted by molar-refractivity contribution is 0.185. The van der Waals surface area contributed by atoms with Crippen LogP contribution in [0.25, 0.3) is 0 Å². The third kappa shape index (κ3) is 4.34. The van der Waals surface area contributed by atoms with Crippen LogP contribution in [0.4, 0.5) is 10.8 Å². The SMILES string of the molecule is COCc1cccc(CNc2snc(N)c2OC(C)C)c1. The van der Waals surface area contributed by atoms with Gasteiger partial charge in [-0.25, -0.2) is 0 Å². The van der Waals surface area contributed by atoms with Gasteiger partial charge in [0.25, 0.3) is 0 Å². The molecule has 0 aliphatic rings. The maximum absolute atomic E-state index is 5.84. The van der Waals surface area contributed by atoms with Gasteiger partial charge in [0.2, 0.25) is 0 Å². The number of nitrogens with one attached hydrogen (secondary N) is 1. The number of benzene rings is 1. The third-order valence-electron chi connectivity index (χ3n) is 2.78. The smallest absolute Gasteiger partial charge is 0.197 e. The summed E-state index contributed by atoms with van der Waals surface area (Å²) in [4.78, 5) is 0. The summed E-state index contributed by atoms with van der Waals surface area (Å²) in [6.07, 6.45) is 0.0641. The van der Waals surface area contributed by atoms with E-state index in [9.17, 15) is 0 Å². The highest BCUT2D eigenvalue weighted by molar-refractivity contribution is 7.11. The molecule has 2 rings (SSSR count). The molecule has 3 N–H and O–H groups in total. The molecular formula is C15H21N3O2S. The monoisotopic (exact) mass is 307 g/mol. The summed E-state index contributed by atoms with van der Waals surface area (Å²) >= 11 is 1.32. The van der Waals surface area contributed by atoms with Gasteiger partial charge < -0.3 is 20.5 Å². The van der Waals surface area contributed by atoms with Gasteiger partial charge in [0.05, 0.1) is 12.7 Å². The molecule has 0 amide bonds. The maximum atomic E-state index is 5.84. The van der Waals surface area contributed by atoms with E-state index in [2.05, 4.69) is 21.8 Å². The molecule has 0 radical (unpaired) electrons. The van der Waals surface area contributed by atoms with Gasteiger partial charge in [0.1, 0.15) is 0 Å². The van der Waals surface area contributed by atoms with Crippen LogP contribution in [0.15, 0.2) is 24.3 Å². The Balaban J connectivity index is 2.04. The quantitative estimate of drug-likeness (QED) is 0.821. The number of methoxy groups -OCH3 is 1. The Morgan fingerprint density at radius 3 is 2.81 bits per heavy atom. The number of nitrogen functional groups attached to an aromatic ring is 1. The first-order valence-corrected chi connectivity index (χ1v) is 7.60. The lowest BCUT2D eigenvalue weighted by Crippen LogP contribution is -2.08. The minimum absolute atomic E-state index is 0.0641. The molecule has 0 aliphatic carbocycles. The normalized spacial score (nSPS) is 10.9. The van der Waals surface area contributed by atoms with Crippen LogP contribution in [0, 0.1) is 0 Å². The average Bonchev–Trinajstić information content (AvgIpc) is 2.78. The van der Waals surface area contributed by atoms with Crippen molar-refractivity contribution in [2.75, 3.05) is 18.2 Å². The van der Waals surface area contributed by atoms with Gasteiger partial charge in [0.15, 0.2) is 16.6 Å². The standard InChI is InChI=1S/C15H21N3O2S/c1-10(2)20-13-14(16)18-21-15(13)17-8-11-5-4-6-12(7-11)9-19-3/h4-7,10,17H,8-9H2,1-3H3,(H2,16,18). The lowest BCUT2D eigenvalue weighted by Gasteiger charge is -2.12. The summed E-state index contributed by atoms with van der Waals surface area (Å²) in [7, 11) is 1.69. The zero-order valence-electron chi connectivity index (χ0n) is 12.6. The van der Waals surface area contributed by atoms with Gasteiger partial charge in [-0.2, -0.15) is 4.37 Å². The van der Waals surface area contributed by atoms with Crippen LogP contribution in [-0.4, -0.2) is 17.6 Å². The van der Waals surface area contributed by atoms with E-state index in [1.54, 1.807) is 7.11 Å². The van der Waals surface area contributed by atoms with E-state index >= 15 is 0 Å². The molecule has 6 heteroatoms. The van der Waals surface area contributed by atoms with Gasteiger partial charge in [-0.05, 0) is 36.5 Å². The molecule has 5 nitrogen and oxygen atoms in total. The Labute approximate surface area is 129 Å². The van der Waals surface area contributed by atoms with Crippen molar-refractivity contribution in [1.82, 2.24) is 4.37 Å². The van der Waals surface area contributed by atoms with E-state index in [0.29, 0.717) is 24.7 Å². The number of hydrogen-bond acceptors (Lipinski definition) is 6. The summed E-state index contributed by atoms with van der Waals surface area (Å²) < 4.78 is 15.0. The minimum Gasteiger partial charge on any atom is -0.484 e. The predicted molar refractivity (Wildman–Crippen MR) is 86.8 cm³/mol. The van der Waals surface area contributed by atoms with E-state index in [1.807, 2.05) is 26.0 Å². The first-order chi connectivity index (χ1) is 10.1. The Bertz CT molecular complexity index is 584. The van der Waals surface area contributed by atoms with Crippen LogP contribution in [0.1, 0.15) is 25.0 Å². The summed E-state index contributed by atoms with van der Waals surface area (Å²) in [6, 6.07) is 8.26. The Morgan fingerprint density at radius 2 is 2.10 bits per heavy atom. The number of hydrogen-bond donors (Lipinski definition) is 2. The van der Waals surface area contributed by atoms with Gasteiger partial charge in [-0.3, -0.25) is 0 Å². The first-order valence-electron chi connectivity index (χ1n) is 6.82. The molecule has 2 aromatic rings. The highest BCUT2D eigenvalue weighted by Gasteiger charge is 2.14. The maximum Gasteiger partial charge on any atom is 0.197 e. The molecule has 0 aliphatic heterocycles. The van der Waals surface area contributed by atoms with Crippen LogP contribution in [0.5, 0.6) is 5.75 Å². The van der Waals surface area contributed by atoms with Gasteiger partial charge in [-0.15, -0.1) is 0 Å². The predicted octanol–water partition coefficient (Wildman–Crippen LogP) is 3.27. The van der Waals surface area contributed by atoms with Gasteiger partial charge in [0, 0.05) is 13.7 Å². The van der Waals surface area contributed by atoms with Crippen LogP contribution in [0.3, 0.4) is 0 Å². The number of ether oxygens (including phenoxy) is 2. The van der Waals surface area contributed by atoms with Crippen molar-refractivity contribution in [3.63, 3.8) is 0 Å². The Kier molecular flexibility index (Phi) is 5.41. The number of nitrogens with two attached hydrogens (primary N) is 1. The first kappa shape index (κ1) is 15.6. The molecule has 0 saturated heterocycles. The second kappa shape index (κ2) is 7.28. The Hall–Kier alpha value is -1.79. The number of aromatic nitrogens is 1. The summed E-state index contributed by atoms with van der Waals surface area (Å²) in [6.45, 7) is 5.24. The molecule has 21 heavy (non-hydrogen) atoms. The van der Waals surface area contributed by atoms with Crippen LogP contribution in [0.2, 0.25) is 0 Å². The molecule has 0 spiro atoms. The molecule has 1 aromatic heterocycles. The van der Waals surface area contributed by atoms with Crippen molar-refractivity contribution in [2.45, 2.75) is 33.1 Å². The number of rotatable bonds is 7. The van der Waals surface area contributed by atoms with Gasteiger partial charge >= 0.3 is 0 Å². The third-order valence-corrected chi connectivity index (χ3v) is 3.58. The van der Waals surface area contributed by atoms with Crippen molar-refractivity contribution in [1.29, 1.82) is 0 Å². The van der Waals surface area contributed by atoms with Crippen molar-refractivity contribution < 1.29 is 9.47 Å². The molecule has 1 aromatic carbocycles. The highest BCUT2D eigenvalue weighted by Crippen LogP contribution is 2.36. The van der Waals surface area contributed by atoms with Crippen LogP contribution < -0.4 is 15.8 Å². The average molecular weight is 307 g/mol. The zero-order chi connectivity index (χ0) is 15.2. The molecular weight excluding hydrogens is 286 g/mol. The summed E-state index contributed by atoms with van der Waals surface area (Å²) in [5.74, 6) is 1.08. The summed E-state index contributed by atoms with van der Waals surface area (Å²) in [5.41, 5.74) is 8.17. The summed E-state index contributed by atoms with van der Waals surface area (Å²) in [5, 5.41) is 4.19. The second-order valence-electron chi connectivity index (χ2n) is 5.00. The number of anilines is 2. The lowest BCUT2D eigenvalue weighted by atomic mass is 10.1. The molecule has 0 atom stereocenters. The van der Waals surface area contributed by atoms with Crippen molar-refractivity contribution in [3.8, 4) is 5.75 Å². The fourth-order valence-corrected chi connectivity index (χ4v) is 2.58. The van der Waals surface area contributed by atoms with E-state index in [4.69, 9.17) is 15.2 Å². The highest BCUT2D eigenvalue weighted by atomic mass is 32.1. The fraction of sp³-hybridized carbons (Fsp3) is 0.400. The van der Waals surface area contributed by atoms with E-state index in [0.717, 1.165) is 10.6 Å². The topological polar surface area (TPSA) is 69.4 Å². The molecule has 0 fully saturated rings. The van der Waals surface area contributed by atoms with Crippen LogP contribution >= 0.6 is 11.5 Å². The van der Waals surface area contributed by atoms with E-state index in [1.165, 1.54) is 17.1 Å². The fourth-order valence-electron chi connectivity index (χ4n) is 1.93. The van der Waals surface area contributed by atoms with Crippen LogP contribution in [-0.2, 0) is 17.9 Å². The van der Waals surface area contributed by atoms with E-state index < -0.39 is 0 Å². The molecule has 0 unspecified atom stereocenters. The van der Waals surface area contributed by atoms with E-state index in [-0.39, 0.29) is 6.10 Å². The minimum atomic E-state index is 0.0641. The molecule has 1 heterocycles. The largest absolute Gasteiger partial charge is 0.484 e. The van der Waals surface area contributed by atoms with Gasteiger partial charge in [-0.1, -0.05) is 24.3 Å². The molecule has 0 bridgehead atoms. The molecule has 0 saturated carbocycles. The van der Waals surface area contributed by atoms with Crippen molar-refractivity contribution >= 4 is 22.4 Å².